The van der Waals surface area contributed by atoms with Gasteiger partial charge >= 0.3 is 0 Å². The molecule has 0 spiro atoms. The number of hydrogen-bond donors (Lipinski definition) is 1. The summed E-state index contributed by atoms with van der Waals surface area (Å²) in [5.41, 5.74) is 2.70. The van der Waals surface area contributed by atoms with Crippen molar-refractivity contribution in [3.05, 3.63) is 70.2 Å². The van der Waals surface area contributed by atoms with Crippen molar-refractivity contribution in [3.63, 3.8) is 0 Å². The predicted molar refractivity (Wildman–Crippen MR) is 85.4 cm³/mol. The molecule has 0 aliphatic rings. The molecule has 19 heavy (non-hydrogen) atoms. The number of hydrogen-bond acceptors (Lipinski definition) is 1. The zero-order valence-electron chi connectivity index (χ0n) is 11.4. The maximum absolute atomic E-state index is 3.60. The number of benzene rings is 2. The van der Waals surface area contributed by atoms with Crippen LogP contribution in [-0.4, -0.2) is 6.54 Å². The van der Waals surface area contributed by atoms with Crippen LogP contribution >= 0.6 is 15.9 Å². The topological polar surface area (TPSA) is 12.0 Å². The van der Waals surface area contributed by atoms with E-state index >= 15 is 0 Å². The van der Waals surface area contributed by atoms with Crippen LogP contribution in [0.2, 0.25) is 0 Å². The molecule has 0 amide bonds. The summed E-state index contributed by atoms with van der Waals surface area (Å²) in [5, 5.41) is 3.60. The summed E-state index contributed by atoms with van der Waals surface area (Å²) in [6.45, 7) is 5.45. The van der Waals surface area contributed by atoms with Crippen molar-refractivity contribution in [3.8, 4) is 0 Å². The van der Waals surface area contributed by atoms with E-state index in [1.165, 1.54) is 11.1 Å². The Kier molecular flexibility index (Phi) is 5.17. The summed E-state index contributed by atoms with van der Waals surface area (Å²) in [6.07, 6.45) is 0. The molecule has 2 rings (SSSR count). The normalized spacial score (nSPS) is 14.1. The lowest BCUT2D eigenvalue weighted by Crippen LogP contribution is -2.23. The minimum atomic E-state index is 0.365. The minimum absolute atomic E-state index is 0.365. The van der Waals surface area contributed by atoms with E-state index in [0.29, 0.717) is 12.0 Å². The van der Waals surface area contributed by atoms with E-state index in [4.69, 9.17) is 0 Å². The minimum Gasteiger partial charge on any atom is -0.310 e. The molecule has 0 saturated carbocycles. The number of halogens is 1. The van der Waals surface area contributed by atoms with Crippen LogP contribution in [0.15, 0.2) is 59.1 Å². The smallest absolute Gasteiger partial charge is 0.0292 e. The molecule has 2 unspecified atom stereocenters. The van der Waals surface area contributed by atoms with Gasteiger partial charge in [0.2, 0.25) is 0 Å². The van der Waals surface area contributed by atoms with Crippen LogP contribution in [0, 0.1) is 0 Å². The first-order valence-electron chi connectivity index (χ1n) is 6.70. The molecular weight excluding hydrogens is 298 g/mol. The van der Waals surface area contributed by atoms with E-state index in [0.717, 1.165) is 11.0 Å². The number of rotatable bonds is 5. The maximum atomic E-state index is 3.60. The fourth-order valence-electron chi connectivity index (χ4n) is 2.15. The Bertz CT molecular complexity index is 510. The summed E-state index contributed by atoms with van der Waals surface area (Å²) in [5.74, 6) is 0.524. The second-order valence-corrected chi connectivity index (χ2v) is 5.91. The summed E-state index contributed by atoms with van der Waals surface area (Å²) in [4.78, 5) is 0. The Morgan fingerprint density at radius 2 is 1.63 bits per heavy atom. The molecule has 1 N–H and O–H groups in total. The third-order valence-electron chi connectivity index (χ3n) is 3.45. The lowest BCUT2D eigenvalue weighted by Gasteiger charge is -2.18. The molecule has 100 valence electrons. The maximum Gasteiger partial charge on any atom is 0.0292 e. The molecule has 2 aromatic carbocycles. The van der Waals surface area contributed by atoms with E-state index < -0.39 is 0 Å². The van der Waals surface area contributed by atoms with Gasteiger partial charge in [-0.2, -0.15) is 0 Å². The molecule has 0 bridgehead atoms. The lowest BCUT2D eigenvalue weighted by atomic mass is 10.0. The number of nitrogens with one attached hydrogen (secondary N) is 1. The highest BCUT2D eigenvalue weighted by atomic mass is 79.9. The first kappa shape index (κ1) is 14.3. The van der Waals surface area contributed by atoms with Gasteiger partial charge < -0.3 is 5.32 Å². The largest absolute Gasteiger partial charge is 0.310 e. The van der Waals surface area contributed by atoms with Gasteiger partial charge in [-0.3, -0.25) is 0 Å². The van der Waals surface area contributed by atoms with E-state index in [-0.39, 0.29) is 0 Å². The van der Waals surface area contributed by atoms with Crippen molar-refractivity contribution < 1.29 is 0 Å². The Hall–Kier alpha value is -1.12. The molecule has 2 atom stereocenters. The van der Waals surface area contributed by atoms with Crippen LogP contribution < -0.4 is 5.32 Å². The van der Waals surface area contributed by atoms with Gasteiger partial charge in [-0.05, 0) is 36.1 Å². The van der Waals surface area contributed by atoms with Crippen LogP contribution in [0.3, 0.4) is 0 Å². The van der Waals surface area contributed by atoms with Crippen molar-refractivity contribution in [2.45, 2.75) is 25.8 Å². The van der Waals surface area contributed by atoms with Gasteiger partial charge in [0.1, 0.15) is 0 Å². The average Bonchev–Trinajstić information content (AvgIpc) is 2.45. The Morgan fingerprint density at radius 1 is 0.947 bits per heavy atom. The molecule has 0 aromatic heterocycles. The highest BCUT2D eigenvalue weighted by Gasteiger charge is 2.09. The van der Waals surface area contributed by atoms with E-state index in [2.05, 4.69) is 89.7 Å². The van der Waals surface area contributed by atoms with Gasteiger partial charge in [0.15, 0.2) is 0 Å². The average molecular weight is 318 g/mol. The SMILES string of the molecule is CC(CNC(C)c1cccc(Br)c1)c1ccccc1. The first-order chi connectivity index (χ1) is 9.16. The van der Waals surface area contributed by atoms with Crippen molar-refractivity contribution in [1.29, 1.82) is 0 Å². The fraction of sp³-hybridized carbons (Fsp3) is 0.294. The van der Waals surface area contributed by atoms with Gasteiger partial charge in [0.05, 0.1) is 0 Å². The third-order valence-corrected chi connectivity index (χ3v) is 3.94. The second kappa shape index (κ2) is 6.88. The lowest BCUT2D eigenvalue weighted by molar-refractivity contribution is 0.537. The summed E-state index contributed by atoms with van der Waals surface area (Å²) in [6, 6.07) is 19.5. The fourth-order valence-corrected chi connectivity index (χ4v) is 2.56. The highest BCUT2D eigenvalue weighted by molar-refractivity contribution is 9.10. The molecule has 2 heteroatoms. The molecule has 0 fully saturated rings. The Labute approximate surface area is 124 Å². The molecule has 0 saturated heterocycles. The van der Waals surface area contributed by atoms with Crippen molar-refractivity contribution in [2.24, 2.45) is 0 Å². The molecule has 0 heterocycles. The van der Waals surface area contributed by atoms with E-state index in [1.54, 1.807) is 0 Å². The van der Waals surface area contributed by atoms with Gasteiger partial charge in [-0.1, -0.05) is 65.3 Å². The standard InChI is InChI=1S/C17H20BrN/c1-13(15-7-4-3-5-8-15)12-19-14(2)16-9-6-10-17(18)11-16/h3-11,13-14,19H,12H2,1-2H3. The van der Waals surface area contributed by atoms with Crippen molar-refractivity contribution >= 4 is 15.9 Å². The van der Waals surface area contributed by atoms with Crippen LogP contribution in [0.4, 0.5) is 0 Å². The van der Waals surface area contributed by atoms with Crippen molar-refractivity contribution in [1.82, 2.24) is 5.32 Å². The Balaban J connectivity index is 1.92. The molecule has 2 aromatic rings. The molecule has 0 aliphatic carbocycles. The van der Waals surface area contributed by atoms with Crippen LogP contribution in [-0.2, 0) is 0 Å². The summed E-state index contributed by atoms with van der Waals surface area (Å²) >= 11 is 3.52. The van der Waals surface area contributed by atoms with E-state index in [9.17, 15) is 0 Å². The van der Waals surface area contributed by atoms with Gasteiger partial charge in [-0.15, -0.1) is 0 Å². The quantitative estimate of drug-likeness (QED) is 0.826. The van der Waals surface area contributed by atoms with Crippen LogP contribution in [0.5, 0.6) is 0 Å². The second-order valence-electron chi connectivity index (χ2n) is 5.00. The summed E-state index contributed by atoms with van der Waals surface area (Å²) < 4.78 is 1.13. The van der Waals surface area contributed by atoms with Crippen LogP contribution in [0.25, 0.3) is 0 Å². The molecular formula is C17H20BrN. The van der Waals surface area contributed by atoms with Gasteiger partial charge in [0.25, 0.3) is 0 Å². The molecule has 0 aliphatic heterocycles. The van der Waals surface area contributed by atoms with Crippen molar-refractivity contribution in [2.75, 3.05) is 6.54 Å². The predicted octanol–water partition coefficient (Wildman–Crippen LogP) is 4.90. The highest BCUT2D eigenvalue weighted by Crippen LogP contribution is 2.19. The third kappa shape index (κ3) is 4.19. The molecule has 0 radical (unpaired) electrons. The van der Waals surface area contributed by atoms with Crippen LogP contribution in [0.1, 0.15) is 36.9 Å². The first-order valence-corrected chi connectivity index (χ1v) is 7.50. The zero-order chi connectivity index (χ0) is 13.7. The molecule has 1 nitrogen and oxygen atoms in total. The summed E-state index contributed by atoms with van der Waals surface area (Å²) in [7, 11) is 0. The van der Waals surface area contributed by atoms with E-state index in [1.807, 2.05) is 0 Å². The van der Waals surface area contributed by atoms with Gasteiger partial charge in [0, 0.05) is 17.1 Å². The van der Waals surface area contributed by atoms with Gasteiger partial charge in [-0.25, -0.2) is 0 Å². The monoisotopic (exact) mass is 317 g/mol. The Morgan fingerprint density at radius 3 is 2.32 bits per heavy atom. The zero-order valence-corrected chi connectivity index (χ0v) is 13.0.